The monoisotopic (exact) mass is 412 g/mol. The van der Waals surface area contributed by atoms with Crippen LogP contribution in [0.15, 0.2) is 53.0 Å². The number of hydrogen-bond acceptors (Lipinski definition) is 5. The Bertz CT molecular complexity index is 915. The SMILES string of the molecule is CCN(CC)C(=O)[C@H](Sc1nnc(-c2cccs2)n1C1CC1)c1ccccc1. The number of aromatic nitrogens is 3. The summed E-state index contributed by atoms with van der Waals surface area (Å²) in [6, 6.07) is 14.6. The Kier molecular flexibility index (Phi) is 5.82. The number of amides is 1. The lowest BCUT2D eigenvalue weighted by Gasteiger charge is -2.25. The molecule has 0 N–H and O–H groups in total. The zero-order valence-electron chi connectivity index (χ0n) is 16.1. The molecule has 0 bridgehead atoms. The van der Waals surface area contributed by atoms with Gasteiger partial charge >= 0.3 is 0 Å². The minimum Gasteiger partial charge on any atom is -0.342 e. The maximum absolute atomic E-state index is 13.3. The van der Waals surface area contributed by atoms with E-state index in [1.165, 1.54) is 11.8 Å². The highest BCUT2D eigenvalue weighted by molar-refractivity contribution is 8.00. The number of carbonyl (C=O) groups is 1. The van der Waals surface area contributed by atoms with Crippen LogP contribution in [-0.4, -0.2) is 38.7 Å². The number of hydrogen-bond donors (Lipinski definition) is 0. The molecule has 0 unspecified atom stereocenters. The second kappa shape index (κ2) is 8.49. The Labute approximate surface area is 173 Å². The van der Waals surface area contributed by atoms with E-state index in [2.05, 4.69) is 26.2 Å². The summed E-state index contributed by atoms with van der Waals surface area (Å²) in [6.07, 6.45) is 2.29. The van der Waals surface area contributed by atoms with Crippen molar-refractivity contribution in [3.05, 3.63) is 53.4 Å². The van der Waals surface area contributed by atoms with Crippen molar-refractivity contribution in [2.24, 2.45) is 0 Å². The molecule has 1 atom stereocenters. The fourth-order valence-corrected chi connectivity index (χ4v) is 5.18. The van der Waals surface area contributed by atoms with E-state index < -0.39 is 0 Å². The van der Waals surface area contributed by atoms with Crippen LogP contribution in [0.3, 0.4) is 0 Å². The van der Waals surface area contributed by atoms with Crippen LogP contribution < -0.4 is 0 Å². The van der Waals surface area contributed by atoms with Crippen molar-refractivity contribution in [3.8, 4) is 10.7 Å². The van der Waals surface area contributed by atoms with Gasteiger partial charge in [0.2, 0.25) is 5.91 Å². The second-order valence-electron chi connectivity index (χ2n) is 6.80. The van der Waals surface area contributed by atoms with Crippen LogP contribution in [0.5, 0.6) is 0 Å². The first-order valence-corrected chi connectivity index (χ1v) is 11.5. The smallest absolute Gasteiger partial charge is 0.240 e. The lowest BCUT2D eigenvalue weighted by Crippen LogP contribution is -2.34. The Morgan fingerprint density at radius 3 is 2.54 bits per heavy atom. The summed E-state index contributed by atoms with van der Waals surface area (Å²) in [4.78, 5) is 16.3. The molecule has 0 radical (unpaired) electrons. The maximum Gasteiger partial charge on any atom is 0.240 e. The average Bonchev–Trinajstić information content (AvgIpc) is 3.25. The highest BCUT2D eigenvalue weighted by atomic mass is 32.2. The Hall–Kier alpha value is -2.12. The molecule has 1 fully saturated rings. The highest BCUT2D eigenvalue weighted by Crippen LogP contribution is 2.45. The van der Waals surface area contributed by atoms with Crippen LogP contribution >= 0.6 is 23.1 Å². The molecule has 0 spiro atoms. The zero-order chi connectivity index (χ0) is 19.5. The van der Waals surface area contributed by atoms with Crippen molar-refractivity contribution in [2.45, 2.75) is 43.1 Å². The van der Waals surface area contributed by atoms with E-state index in [9.17, 15) is 4.79 Å². The molecule has 146 valence electrons. The normalized spacial score (nSPS) is 14.8. The van der Waals surface area contributed by atoms with Gasteiger partial charge in [-0.25, -0.2) is 0 Å². The van der Waals surface area contributed by atoms with Gasteiger partial charge in [0.25, 0.3) is 0 Å². The predicted octanol–water partition coefficient (Wildman–Crippen LogP) is 5.04. The second-order valence-corrected chi connectivity index (χ2v) is 8.82. The van der Waals surface area contributed by atoms with Gasteiger partial charge in [-0.15, -0.1) is 21.5 Å². The van der Waals surface area contributed by atoms with Crippen LogP contribution in [0.1, 0.15) is 43.5 Å². The van der Waals surface area contributed by atoms with Crippen molar-refractivity contribution >= 4 is 29.0 Å². The van der Waals surface area contributed by atoms with E-state index >= 15 is 0 Å². The molecule has 0 aliphatic heterocycles. The lowest BCUT2D eigenvalue weighted by atomic mass is 10.1. The number of thioether (sulfide) groups is 1. The summed E-state index contributed by atoms with van der Waals surface area (Å²) < 4.78 is 2.24. The Balaban J connectivity index is 1.70. The van der Waals surface area contributed by atoms with E-state index in [0.29, 0.717) is 19.1 Å². The van der Waals surface area contributed by atoms with Gasteiger partial charge in [0.1, 0.15) is 5.25 Å². The third-order valence-electron chi connectivity index (χ3n) is 4.94. The minimum absolute atomic E-state index is 0.129. The van der Waals surface area contributed by atoms with Crippen molar-refractivity contribution in [2.75, 3.05) is 13.1 Å². The first kappa shape index (κ1) is 19.2. The lowest BCUT2D eigenvalue weighted by molar-refractivity contribution is -0.130. The summed E-state index contributed by atoms with van der Waals surface area (Å²) >= 11 is 3.20. The third kappa shape index (κ3) is 3.86. The third-order valence-corrected chi connectivity index (χ3v) is 7.01. The molecule has 1 aliphatic carbocycles. The summed E-state index contributed by atoms with van der Waals surface area (Å²) in [7, 11) is 0. The van der Waals surface area contributed by atoms with Gasteiger partial charge in [0.05, 0.1) is 4.88 Å². The molecule has 0 saturated heterocycles. The fourth-order valence-electron chi connectivity index (χ4n) is 3.29. The number of rotatable bonds is 8. The number of carbonyl (C=O) groups excluding carboxylic acids is 1. The van der Waals surface area contributed by atoms with Gasteiger partial charge in [0, 0.05) is 19.1 Å². The fraction of sp³-hybridized carbons (Fsp3) is 0.381. The van der Waals surface area contributed by atoms with E-state index in [0.717, 1.165) is 34.3 Å². The van der Waals surface area contributed by atoms with Crippen LogP contribution in [0.2, 0.25) is 0 Å². The zero-order valence-corrected chi connectivity index (χ0v) is 17.7. The standard InChI is InChI=1S/C21H24N4OS2/c1-3-24(4-2)20(26)18(15-9-6-5-7-10-15)28-21-23-22-19(17-11-8-14-27-17)25(21)16-12-13-16/h5-11,14,16,18H,3-4,12-13H2,1-2H3/t18-/m1/s1. The van der Waals surface area contributed by atoms with Crippen LogP contribution in [0.25, 0.3) is 10.7 Å². The molecule has 2 heterocycles. The first-order valence-electron chi connectivity index (χ1n) is 9.72. The van der Waals surface area contributed by atoms with Gasteiger partial charge < -0.3 is 4.90 Å². The maximum atomic E-state index is 13.3. The van der Waals surface area contributed by atoms with E-state index in [-0.39, 0.29) is 11.2 Å². The molecule has 4 rings (SSSR count). The molecule has 1 aromatic carbocycles. The molecule has 3 aromatic rings. The molecule has 1 aliphatic rings. The van der Waals surface area contributed by atoms with Crippen molar-refractivity contribution in [1.82, 2.24) is 19.7 Å². The Morgan fingerprint density at radius 2 is 1.93 bits per heavy atom. The van der Waals surface area contributed by atoms with Gasteiger partial charge in [0.15, 0.2) is 11.0 Å². The first-order chi connectivity index (χ1) is 13.7. The van der Waals surface area contributed by atoms with Crippen molar-refractivity contribution in [1.29, 1.82) is 0 Å². The summed E-state index contributed by atoms with van der Waals surface area (Å²) in [5, 5.41) is 11.6. The molecular weight excluding hydrogens is 388 g/mol. The summed E-state index contributed by atoms with van der Waals surface area (Å²) in [5.74, 6) is 1.05. The van der Waals surface area contributed by atoms with E-state index in [1.54, 1.807) is 11.3 Å². The number of thiophene rings is 1. The van der Waals surface area contributed by atoms with Gasteiger partial charge in [-0.1, -0.05) is 48.2 Å². The molecule has 5 nitrogen and oxygen atoms in total. The van der Waals surface area contributed by atoms with Crippen LogP contribution in [0.4, 0.5) is 0 Å². The quantitative estimate of drug-likeness (QED) is 0.486. The molecule has 1 saturated carbocycles. The van der Waals surface area contributed by atoms with Crippen LogP contribution in [-0.2, 0) is 4.79 Å². The number of likely N-dealkylation sites (N-methyl/N-ethyl adjacent to an activating group) is 1. The molecule has 28 heavy (non-hydrogen) atoms. The predicted molar refractivity (Wildman–Crippen MR) is 115 cm³/mol. The average molecular weight is 413 g/mol. The van der Waals surface area contributed by atoms with E-state index in [4.69, 9.17) is 0 Å². The molecule has 2 aromatic heterocycles. The summed E-state index contributed by atoms with van der Waals surface area (Å²) in [6.45, 7) is 5.45. The molecule has 1 amide bonds. The largest absolute Gasteiger partial charge is 0.342 e. The van der Waals surface area contributed by atoms with Gasteiger partial charge in [-0.3, -0.25) is 9.36 Å². The minimum atomic E-state index is -0.320. The van der Waals surface area contributed by atoms with Crippen molar-refractivity contribution in [3.63, 3.8) is 0 Å². The molecule has 7 heteroatoms. The topological polar surface area (TPSA) is 51.0 Å². The van der Waals surface area contributed by atoms with Gasteiger partial charge in [-0.2, -0.15) is 0 Å². The Morgan fingerprint density at radius 1 is 1.18 bits per heavy atom. The summed E-state index contributed by atoms with van der Waals surface area (Å²) in [5.41, 5.74) is 1.01. The van der Waals surface area contributed by atoms with E-state index in [1.807, 2.05) is 55.1 Å². The van der Waals surface area contributed by atoms with Gasteiger partial charge in [-0.05, 0) is 43.7 Å². The highest BCUT2D eigenvalue weighted by Gasteiger charge is 2.34. The van der Waals surface area contributed by atoms with Crippen LogP contribution in [0, 0.1) is 0 Å². The number of benzene rings is 1. The van der Waals surface area contributed by atoms with Crippen molar-refractivity contribution < 1.29 is 4.79 Å². The molecular formula is C21H24N4OS2. The number of nitrogens with zero attached hydrogens (tertiary/aromatic N) is 4.